The molecule has 1 atom stereocenters. The number of phenols is 2. The number of carbonyl (C=O) groups is 1. The first-order valence-electron chi connectivity index (χ1n) is 5.84. The molecule has 0 heterocycles. The van der Waals surface area contributed by atoms with Gasteiger partial charge in [-0.25, -0.2) is 0 Å². The highest BCUT2D eigenvalue weighted by Crippen LogP contribution is 2.22. The number of phenolic OH excluding ortho intramolecular Hbond substituents is 2. The summed E-state index contributed by atoms with van der Waals surface area (Å²) in [5.74, 6) is 0.0734. The Labute approximate surface area is 112 Å². The number of rotatable bonds is 5. The quantitative estimate of drug-likeness (QED) is 0.569. The molecule has 0 saturated carbocycles. The zero-order chi connectivity index (χ0) is 13.7. The van der Waals surface area contributed by atoms with Gasteiger partial charge in [-0.1, -0.05) is 13.8 Å². The van der Waals surface area contributed by atoms with E-state index < -0.39 is 5.91 Å². The number of amides is 1. The molecule has 0 spiro atoms. The van der Waals surface area contributed by atoms with Crippen molar-refractivity contribution in [3.63, 3.8) is 0 Å². The summed E-state index contributed by atoms with van der Waals surface area (Å²) in [5, 5.41) is 21.7. The first-order chi connectivity index (χ1) is 8.45. The molecule has 1 unspecified atom stereocenters. The summed E-state index contributed by atoms with van der Waals surface area (Å²) in [4.78, 5) is 12.0. The fourth-order valence-electron chi connectivity index (χ4n) is 1.64. The van der Waals surface area contributed by atoms with Crippen LogP contribution in [-0.2, 0) is 0 Å². The van der Waals surface area contributed by atoms with Crippen LogP contribution in [0.1, 0.15) is 30.6 Å². The third-order valence-corrected chi connectivity index (χ3v) is 2.98. The minimum absolute atomic E-state index is 0.0586. The molecule has 1 amide bonds. The minimum atomic E-state index is -0.410. The molecular formula is C13H18ClNO3. The van der Waals surface area contributed by atoms with Gasteiger partial charge in [0.2, 0.25) is 0 Å². The molecule has 1 aromatic carbocycles. The Bertz CT molecular complexity index is 421. The van der Waals surface area contributed by atoms with Crippen LogP contribution in [0.2, 0.25) is 0 Å². The normalized spacial score (nSPS) is 12.4. The van der Waals surface area contributed by atoms with Gasteiger partial charge >= 0.3 is 0 Å². The second kappa shape index (κ2) is 6.50. The van der Waals surface area contributed by atoms with E-state index in [1.54, 1.807) is 0 Å². The Morgan fingerprint density at radius 3 is 2.61 bits per heavy atom. The van der Waals surface area contributed by atoms with Crippen LogP contribution in [0.5, 0.6) is 11.5 Å². The molecule has 0 aliphatic rings. The highest BCUT2D eigenvalue weighted by molar-refractivity contribution is 6.17. The summed E-state index contributed by atoms with van der Waals surface area (Å²) in [6.45, 7) is 3.97. The maximum atomic E-state index is 12.0. The molecule has 0 fully saturated rings. The molecule has 1 rings (SSSR count). The number of hydrogen-bond acceptors (Lipinski definition) is 3. The number of alkyl halides is 1. The Balaban J connectivity index is 2.83. The van der Waals surface area contributed by atoms with Gasteiger partial charge in [0, 0.05) is 11.9 Å². The van der Waals surface area contributed by atoms with E-state index in [2.05, 4.69) is 5.32 Å². The fraction of sp³-hybridized carbons (Fsp3) is 0.462. The first-order valence-corrected chi connectivity index (χ1v) is 6.38. The fourth-order valence-corrected chi connectivity index (χ4v) is 1.88. The average Bonchev–Trinajstić information content (AvgIpc) is 2.31. The third-order valence-electron chi connectivity index (χ3n) is 2.77. The lowest BCUT2D eigenvalue weighted by molar-refractivity contribution is 0.0922. The number of hydrogen-bond donors (Lipinski definition) is 3. The van der Waals surface area contributed by atoms with Crippen LogP contribution in [0.25, 0.3) is 0 Å². The predicted octanol–water partition coefficient (Wildman–Crippen LogP) is 2.48. The largest absolute Gasteiger partial charge is 0.508 e. The Morgan fingerprint density at radius 1 is 1.39 bits per heavy atom. The van der Waals surface area contributed by atoms with Crippen LogP contribution in [0.4, 0.5) is 0 Å². The second-order valence-electron chi connectivity index (χ2n) is 4.50. The molecule has 0 aliphatic carbocycles. The van der Waals surface area contributed by atoms with E-state index in [0.29, 0.717) is 12.3 Å². The van der Waals surface area contributed by atoms with E-state index in [9.17, 15) is 15.0 Å². The molecule has 1 aromatic rings. The smallest absolute Gasteiger partial charge is 0.255 e. The summed E-state index contributed by atoms with van der Waals surface area (Å²) >= 11 is 5.69. The van der Waals surface area contributed by atoms with Crippen LogP contribution >= 0.6 is 11.6 Å². The number of halogens is 1. The van der Waals surface area contributed by atoms with Crippen molar-refractivity contribution in [3.05, 3.63) is 23.8 Å². The molecule has 0 aromatic heterocycles. The Kier molecular flexibility index (Phi) is 5.28. The number of carbonyl (C=O) groups excluding carboxylic acids is 1. The second-order valence-corrected chi connectivity index (χ2v) is 4.88. The lowest BCUT2D eigenvalue weighted by Crippen LogP contribution is -2.38. The predicted molar refractivity (Wildman–Crippen MR) is 71.2 cm³/mol. The maximum absolute atomic E-state index is 12.0. The molecule has 0 radical (unpaired) electrons. The summed E-state index contributed by atoms with van der Waals surface area (Å²) in [5.41, 5.74) is 0.0650. The summed E-state index contributed by atoms with van der Waals surface area (Å²) in [7, 11) is 0. The van der Waals surface area contributed by atoms with E-state index in [1.807, 2.05) is 13.8 Å². The van der Waals surface area contributed by atoms with E-state index >= 15 is 0 Å². The summed E-state index contributed by atoms with van der Waals surface area (Å²) in [6.07, 6.45) is 0.657. The van der Waals surface area contributed by atoms with Crippen molar-refractivity contribution >= 4 is 17.5 Å². The number of benzene rings is 1. The highest BCUT2D eigenvalue weighted by atomic mass is 35.5. The van der Waals surface area contributed by atoms with Crippen molar-refractivity contribution in [3.8, 4) is 11.5 Å². The van der Waals surface area contributed by atoms with Crippen LogP contribution in [0.3, 0.4) is 0 Å². The topological polar surface area (TPSA) is 69.6 Å². The van der Waals surface area contributed by atoms with Crippen molar-refractivity contribution < 1.29 is 15.0 Å². The third kappa shape index (κ3) is 3.81. The van der Waals surface area contributed by atoms with Gasteiger partial charge < -0.3 is 15.5 Å². The zero-order valence-corrected chi connectivity index (χ0v) is 11.2. The van der Waals surface area contributed by atoms with Gasteiger partial charge in [-0.3, -0.25) is 4.79 Å². The summed E-state index contributed by atoms with van der Waals surface area (Å²) < 4.78 is 0. The molecule has 0 aliphatic heterocycles. The van der Waals surface area contributed by atoms with Crippen LogP contribution in [0, 0.1) is 5.92 Å². The van der Waals surface area contributed by atoms with Crippen molar-refractivity contribution in [1.29, 1.82) is 0 Å². The van der Waals surface area contributed by atoms with Crippen molar-refractivity contribution in [1.82, 2.24) is 5.32 Å². The maximum Gasteiger partial charge on any atom is 0.255 e. The summed E-state index contributed by atoms with van der Waals surface area (Å²) in [6, 6.07) is 3.79. The standard InChI is InChI=1S/C13H18ClNO3/c1-8(2)11(5-6-14)15-13(18)10-7-9(16)3-4-12(10)17/h3-4,7-8,11,16-17H,5-6H2,1-2H3,(H,15,18). The van der Waals surface area contributed by atoms with E-state index in [0.717, 1.165) is 0 Å². The lowest BCUT2D eigenvalue weighted by atomic mass is 10.0. The molecule has 0 saturated heterocycles. The van der Waals surface area contributed by atoms with Gasteiger partial charge in [0.25, 0.3) is 5.91 Å². The van der Waals surface area contributed by atoms with Gasteiger partial charge in [0.15, 0.2) is 0 Å². The van der Waals surface area contributed by atoms with Gasteiger partial charge in [-0.15, -0.1) is 11.6 Å². The zero-order valence-electron chi connectivity index (χ0n) is 10.5. The van der Waals surface area contributed by atoms with E-state index in [-0.39, 0.29) is 29.0 Å². The molecular weight excluding hydrogens is 254 g/mol. The monoisotopic (exact) mass is 271 g/mol. The molecule has 0 bridgehead atoms. The first kappa shape index (κ1) is 14.6. The van der Waals surface area contributed by atoms with Gasteiger partial charge in [-0.05, 0) is 30.5 Å². The van der Waals surface area contributed by atoms with E-state index in [4.69, 9.17) is 11.6 Å². The molecule has 18 heavy (non-hydrogen) atoms. The average molecular weight is 272 g/mol. The number of nitrogens with one attached hydrogen (secondary N) is 1. The Morgan fingerprint density at radius 2 is 2.06 bits per heavy atom. The van der Waals surface area contributed by atoms with Crippen LogP contribution in [-0.4, -0.2) is 28.0 Å². The molecule has 3 N–H and O–H groups in total. The van der Waals surface area contributed by atoms with Gasteiger partial charge in [-0.2, -0.15) is 0 Å². The van der Waals surface area contributed by atoms with Crippen LogP contribution < -0.4 is 5.32 Å². The van der Waals surface area contributed by atoms with Crippen molar-refractivity contribution in [2.45, 2.75) is 26.3 Å². The van der Waals surface area contributed by atoms with Crippen LogP contribution in [0.15, 0.2) is 18.2 Å². The van der Waals surface area contributed by atoms with Gasteiger partial charge in [0.1, 0.15) is 11.5 Å². The number of aromatic hydroxyl groups is 2. The molecule has 4 nitrogen and oxygen atoms in total. The SMILES string of the molecule is CC(C)C(CCCl)NC(=O)c1cc(O)ccc1O. The molecule has 100 valence electrons. The Hall–Kier alpha value is -1.42. The lowest BCUT2D eigenvalue weighted by Gasteiger charge is -2.21. The molecule has 5 heteroatoms. The van der Waals surface area contributed by atoms with Gasteiger partial charge in [0.05, 0.1) is 5.56 Å². The van der Waals surface area contributed by atoms with Crippen molar-refractivity contribution in [2.75, 3.05) is 5.88 Å². The van der Waals surface area contributed by atoms with E-state index in [1.165, 1.54) is 18.2 Å². The highest BCUT2D eigenvalue weighted by Gasteiger charge is 2.19. The minimum Gasteiger partial charge on any atom is -0.508 e. The van der Waals surface area contributed by atoms with Crippen molar-refractivity contribution in [2.24, 2.45) is 5.92 Å².